The van der Waals surface area contributed by atoms with Gasteiger partial charge in [-0.15, -0.1) is 0 Å². The largest absolute Gasteiger partial charge is 0.329 e. The van der Waals surface area contributed by atoms with Crippen molar-refractivity contribution in [1.82, 2.24) is 10.3 Å². The standard InChI is InChI=1S/C17H23N3/c1-12-6-7-16(13(2)8-12)20(5)17-14(3)9-15(10-18-4)11-19-17/h6-9,11,18H,10H2,1-5H3. The molecule has 0 fully saturated rings. The van der Waals surface area contributed by atoms with Crippen LogP contribution >= 0.6 is 0 Å². The first kappa shape index (κ1) is 14.5. The highest BCUT2D eigenvalue weighted by molar-refractivity contribution is 5.65. The third kappa shape index (κ3) is 2.99. The minimum atomic E-state index is 0.849. The van der Waals surface area contributed by atoms with Gasteiger partial charge in [-0.05, 0) is 56.6 Å². The van der Waals surface area contributed by atoms with E-state index >= 15 is 0 Å². The normalized spacial score (nSPS) is 10.7. The maximum atomic E-state index is 4.62. The van der Waals surface area contributed by atoms with Gasteiger partial charge >= 0.3 is 0 Å². The van der Waals surface area contributed by atoms with Crippen molar-refractivity contribution in [2.24, 2.45) is 0 Å². The molecule has 0 radical (unpaired) electrons. The van der Waals surface area contributed by atoms with Gasteiger partial charge in [-0.3, -0.25) is 0 Å². The van der Waals surface area contributed by atoms with Crippen molar-refractivity contribution >= 4 is 11.5 Å². The summed E-state index contributed by atoms with van der Waals surface area (Å²) in [6, 6.07) is 8.70. The molecule has 2 rings (SSSR count). The highest BCUT2D eigenvalue weighted by Gasteiger charge is 2.11. The van der Waals surface area contributed by atoms with Crippen molar-refractivity contribution in [2.75, 3.05) is 19.0 Å². The quantitative estimate of drug-likeness (QED) is 0.921. The Morgan fingerprint density at radius 1 is 1.10 bits per heavy atom. The van der Waals surface area contributed by atoms with E-state index in [0.717, 1.165) is 12.4 Å². The first-order chi connectivity index (χ1) is 9.52. The summed E-state index contributed by atoms with van der Waals surface area (Å²) in [5, 5.41) is 3.15. The number of anilines is 2. The van der Waals surface area contributed by atoms with Gasteiger partial charge < -0.3 is 10.2 Å². The number of benzene rings is 1. The van der Waals surface area contributed by atoms with Crippen molar-refractivity contribution in [2.45, 2.75) is 27.3 Å². The highest BCUT2D eigenvalue weighted by atomic mass is 15.2. The van der Waals surface area contributed by atoms with Gasteiger partial charge in [0.15, 0.2) is 0 Å². The average molecular weight is 269 g/mol. The van der Waals surface area contributed by atoms with Crippen LogP contribution in [-0.2, 0) is 6.54 Å². The number of aromatic nitrogens is 1. The van der Waals surface area contributed by atoms with Crippen LogP contribution in [0.15, 0.2) is 30.5 Å². The summed E-state index contributed by atoms with van der Waals surface area (Å²) in [7, 11) is 4.02. The first-order valence-electron chi connectivity index (χ1n) is 6.94. The number of hydrogen-bond donors (Lipinski definition) is 1. The fraction of sp³-hybridized carbons (Fsp3) is 0.353. The molecule has 0 bridgehead atoms. The lowest BCUT2D eigenvalue weighted by Crippen LogP contribution is -2.15. The van der Waals surface area contributed by atoms with Crippen LogP contribution in [0.3, 0.4) is 0 Å². The van der Waals surface area contributed by atoms with Gasteiger partial charge in [-0.2, -0.15) is 0 Å². The smallest absolute Gasteiger partial charge is 0.135 e. The molecule has 1 N–H and O–H groups in total. The monoisotopic (exact) mass is 269 g/mol. The number of nitrogens with zero attached hydrogens (tertiary/aromatic N) is 2. The minimum absolute atomic E-state index is 0.849. The molecule has 1 heterocycles. The molecule has 3 nitrogen and oxygen atoms in total. The van der Waals surface area contributed by atoms with Gasteiger partial charge in [0.1, 0.15) is 5.82 Å². The summed E-state index contributed by atoms with van der Waals surface area (Å²) in [6.07, 6.45) is 1.94. The molecule has 0 atom stereocenters. The molecule has 2 aromatic rings. The van der Waals surface area contributed by atoms with Crippen LogP contribution < -0.4 is 10.2 Å². The van der Waals surface area contributed by atoms with E-state index in [1.54, 1.807) is 0 Å². The zero-order valence-electron chi connectivity index (χ0n) is 13.0. The predicted molar refractivity (Wildman–Crippen MR) is 85.7 cm³/mol. The van der Waals surface area contributed by atoms with Gasteiger partial charge in [0, 0.05) is 25.5 Å². The Morgan fingerprint density at radius 3 is 2.45 bits per heavy atom. The van der Waals surface area contributed by atoms with Crippen molar-refractivity contribution in [3.63, 3.8) is 0 Å². The second-order valence-corrected chi connectivity index (χ2v) is 5.36. The lowest BCUT2D eigenvalue weighted by Gasteiger charge is -2.23. The van der Waals surface area contributed by atoms with Gasteiger partial charge in [0.2, 0.25) is 0 Å². The Kier molecular flexibility index (Phi) is 4.40. The van der Waals surface area contributed by atoms with E-state index in [1.165, 1.54) is 27.9 Å². The topological polar surface area (TPSA) is 28.2 Å². The highest BCUT2D eigenvalue weighted by Crippen LogP contribution is 2.28. The van der Waals surface area contributed by atoms with Crippen molar-refractivity contribution in [3.05, 3.63) is 52.7 Å². The molecule has 0 spiro atoms. The number of nitrogens with one attached hydrogen (secondary N) is 1. The lowest BCUT2D eigenvalue weighted by atomic mass is 10.1. The summed E-state index contributed by atoms with van der Waals surface area (Å²) in [5.41, 5.74) is 6.16. The molecule has 0 unspecified atom stereocenters. The predicted octanol–water partition coefficient (Wildman–Crippen LogP) is 3.49. The zero-order chi connectivity index (χ0) is 14.7. The summed E-state index contributed by atoms with van der Waals surface area (Å²) in [4.78, 5) is 6.78. The number of aryl methyl sites for hydroxylation is 3. The Hall–Kier alpha value is -1.87. The van der Waals surface area contributed by atoms with Crippen LogP contribution in [0.4, 0.5) is 11.5 Å². The number of rotatable bonds is 4. The maximum absolute atomic E-state index is 4.62. The lowest BCUT2D eigenvalue weighted by molar-refractivity contribution is 0.811. The van der Waals surface area contributed by atoms with Crippen LogP contribution in [0.1, 0.15) is 22.3 Å². The minimum Gasteiger partial charge on any atom is -0.329 e. The molecule has 1 aromatic heterocycles. The van der Waals surface area contributed by atoms with Crippen LogP contribution in [-0.4, -0.2) is 19.1 Å². The van der Waals surface area contributed by atoms with Gasteiger partial charge in [-0.1, -0.05) is 17.7 Å². The molecule has 106 valence electrons. The molecule has 3 heteroatoms. The van der Waals surface area contributed by atoms with Crippen LogP contribution in [0.25, 0.3) is 0 Å². The van der Waals surface area contributed by atoms with E-state index in [2.05, 4.69) is 67.3 Å². The van der Waals surface area contributed by atoms with Gasteiger partial charge in [-0.25, -0.2) is 4.98 Å². The van der Waals surface area contributed by atoms with E-state index < -0.39 is 0 Å². The summed E-state index contributed by atoms with van der Waals surface area (Å²) >= 11 is 0. The molecule has 0 amide bonds. The first-order valence-corrected chi connectivity index (χ1v) is 6.94. The summed E-state index contributed by atoms with van der Waals surface area (Å²) in [5.74, 6) is 1.01. The average Bonchev–Trinajstić information content (AvgIpc) is 2.38. The summed E-state index contributed by atoms with van der Waals surface area (Å²) in [6.45, 7) is 7.22. The molecule has 0 aliphatic rings. The van der Waals surface area contributed by atoms with E-state index in [4.69, 9.17) is 0 Å². The second-order valence-electron chi connectivity index (χ2n) is 5.36. The Labute approximate surface area is 121 Å². The van der Waals surface area contributed by atoms with Crippen molar-refractivity contribution < 1.29 is 0 Å². The van der Waals surface area contributed by atoms with Crippen molar-refractivity contribution in [1.29, 1.82) is 0 Å². The SMILES string of the molecule is CNCc1cnc(N(C)c2ccc(C)cc2C)c(C)c1. The molecular weight excluding hydrogens is 246 g/mol. The van der Waals surface area contributed by atoms with Crippen LogP contribution in [0.5, 0.6) is 0 Å². The molecule has 0 saturated heterocycles. The molecule has 0 aliphatic carbocycles. The van der Waals surface area contributed by atoms with E-state index in [0.29, 0.717) is 0 Å². The second kappa shape index (κ2) is 6.06. The molecule has 0 saturated carbocycles. The molecule has 0 aliphatic heterocycles. The van der Waals surface area contributed by atoms with Crippen molar-refractivity contribution in [3.8, 4) is 0 Å². The molecule has 1 aromatic carbocycles. The Balaban J connectivity index is 2.35. The van der Waals surface area contributed by atoms with E-state index in [9.17, 15) is 0 Å². The van der Waals surface area contributed by atoms with Gasteiger partial charge in [0.25, 0.3) is 0 Å². The third-order valence-corrected chi connectivity index (χ3v) is 3.52. The third-order valence-electron chi connectivity index (χ3n) is 3.52. The zero-order valence-corrected chi connectivity index (χ0v) is 13.0. The maximum Gasteiger partial charge on any atom is 0.135 e. The van der Waals surface area contributed by atoms with E-state index in [1.807, 2.05) is 13.2 Å². The van der Waals surface area contributed by atoms with Crippen LogP contribution in [0, 0.1) is 20.8 Å². The van der Waals surface area contributed by atoms with Crippen LogP contribution in [0.2, 0.25) is 0 Å². The summed E-state index contributed by atoms with van der Waals surface area (Å²) < 4.78 is 0. The fourth-order valence-corrected chi connectivity index (χ4v) is 2.57. The molecule has 20 heavy (non-hydrogen) atoms. The fourth-order valence-electron chi connectivity index (χ4n) is 2.57. The number of hydrogen-bond acceptors (Lipinski definition) is 3. The van der Waals surface area contributed by atoms with Gasteiger partial charge in [0.05, 0.1) is 0 Å². The Morgan fingerprint density at radius 2 is 1.85 bits per heavy atom. The molecular formula is C17H23N3. The van der Waals surface area contributed by atoms with E-state index in [-0.39, 0.29) is 0 Å². The Bertz CT molecular complexity index is 605. The number of pyridine rings is 1.